The van der Waals surface area contributed by atoms with Crippen molar-refractivity contribution < 1.29 is 4.39 Å². The van der Waals surface area contributed by atoms with Gasteiger partial charge in [0.15, 0.2) is 0 Å². The molecular weight excluding hydrogens is 231 g/mol. The molecule has 1 aromatic rings. The summed E-state index contributed by atoms with van der Waals surface area (Å²) >= 11 is 3.40. The molecule has 1 unspecified atom stereocenters. The zero-order chi connectivity index (χ0) is 9.84. The summed E-state index contributed by atoms with van der Waals surface area (Å²) in [5.41, 5.74) is 1.86. The third-order valence-corrected chi connectivity index (χ3v) is 2.82. The van der Waals surface area contributed by atoms with Crippen LogP contribution in [0.3, 0.4) is 0 Å². The van der Waals surface area contributed by atoms with E-state index in [1.54, 1.807) is 6.08 Å². The normalized spacial score (nSPS) is 12.5. The van der Waals surface area contributed by atoms with Crippen molar-refractivity contribution in [3.05, 3.63) is 47.3 Å². The van der Waals surface area contributed by atoms with E-state index in [4.69, 9.17) is 0 Å². The minimum Gasteiger partial charge on any atom is -0.250 e. The van der Waals surface area contributed by atoms with E-state index in [2.05, 4.69) is 29.4 Å². The molecule has 1 aromatic carbocycles. The van der Waals surface area contributed by atoms with Crippen molar-refractivity contribution in [1.82, 2.24) is 0 Å². The van der Waals surface area contributed by atoms with Crippen molar-refractivity contribution in [1.29, 1.82) is 0 Å². The van der Waals surface area contributed by atoms with Crippen molar-refractivity contribution in [3.8, 4) is 0 Å². The van der Waals surface area contributed by atoms with Gasteiger partial charge >= 0.3 is 0 Å². The molecule has 1 atom stereocenters. The monoisotopic (exact) mass is 241 g/mol. The molecule has 0 N–H and O–H groups in total. The molecule has 1 rings (SSSR count). The van der Waals surface area contributed by atoms with Crippen molar-refractivity contribution in [2.24, 2.45) is 0 Å². The first-order valence-corrected chi connectivity index (χ1v) is 4.80. The second kappa shape index (κ2) is 4.56. The highest BCUT2D eigenvalue weighted by Crippen LogP contribution is 2.28. The van der Waals surface area contributed by atoms with Crippen LogP contribution in [0.15, 0.2) is 29.3 Å². The molecule has 69 valence electrons. The van der Waals surface area contributed by atoms with Gasteiger partial charge in [0, 0.05) is 10.4 Å². The van der Waals surface area contributed by atoms with Crippen LogP contribution in [0.4, 0.5) is 4.39 Å². The minimum absolute atomic E-state index is 0.311. The molecule has 2 heteroatoms. The zero-order valence-electron chi connectivity index (χ0n) is 7.26. The standard InChI is InChI=1S/C11H11BrF/c1-3-9-5-4-6-10(11(9)12)8(2)7-13/h3-6,8H,1-2,7H2. The fourth-order valence-electron chi connectivity index (χ4n) is 1.12. The third kappa shape index (κ3) is 2.19. The van der Waals surface area contributed by atoms with Crippen LogP contribution in [0, 0.1) is 6.92 Å². The largest absolute Gasteiger partial charge is 0.250 e. The number of rotatable bonds is 3. The Morgan fingerprint density at radius 1 is 1.54 bits per heavy atom. The molecule has 0 heterocycles. The van der Waals surface area contributed by atoms with E-state index in [0.717, 1.165) is 15.6 Å². The molecule has 0 spiro atoms. The Bertz CT molecular complexity index is 307. The lowest BCUT2D eigenvalue weighted by atomic mass is 10.0. The van der Waals surface area contributed by atoms with E-state index in [1.165, 1.54) is 0 Å². The molecule has 0 amide bonds. The molecule has 0 fully saturated rings. The van der Waals surface area contributed by atoms with E-state index in [-0.39, 0.29) is 5.92 Å². The van der Waals surface area contributed by atoms with Gasteiger partial charge in [0.2, 0.25) is 0 Å². The molecule has 0 aliphatic heterocycles. The fourth-order valence-corrected chi connectivity index (χ4v) is 1.87. The van der Waals surface area contributed by atoms with Crippen LogP contribution in [0.1, 0.15) is 17.0 Å². The third-order valence-electron chi connectivity index (χ3n) is 1.90. The first kappa shape index (κ1) is 10.5. The van der Waals surface area contributed by atoms with Crippen LogP contribution in [-0.4, -0.2) is 6.67 Å². The molecule has 0 aliphatic rings. The van der Waals surface area contributed by atoms with Gasteiger partial charge < -0.3 is 0 Å². The number of alkyl halides is 1. The van der Waals surface area contributed by atoms with Gasteiger partial charge in [-0.15, -0.1) is 0 Å². The highest BCUT2D eigenvalue weighted by Gasteiger charge is 2.10. The highest BCUT2D eigenvalue weighted by atomic mass is 79.9. The first-order chi connectivity index (χ1) is 6.20. The van der Waals surface area contributed by atoms with Crippen LogP contribution in [0.2, 0.25) is 0 Å². The van der Waals surface area contributed by atoms with Gasteiger partial charge in [-0.2, -0.15) is 0 Å². The molecule has 0 aromatic heterocycles. The SMILES string of the molecule is [CH2]C(CF)c1cccc(C=C)c1Br. The van der Waals surface area contributed by atoms with E-state index in [9.17, 15) is 4.39 Å². The summed E-state index contributed by atoms with van der Waals surface area (Å²) in [4.78, 5) is 0. The Kier molecular flexibility index (Phi) is 3.67. The molecule has 1 radical (unpaired) electrons. The lowest BCUT2D eigenvalue weighted by Gasteiger charge is -2.11. The molecule has 0 bridgehead atoms. The summed E-state index contributed by atoms with van der Waals surface area (Å²) in [6.07, 6.45) is 1.73. The summed E-state index contributed by atoms with van der Waals surface area (Å²) in [6, 6.07) is 5.67. The molecule has 0 aliphatic carbocycles. The van der Waals surface area contributed by atoms with E-state index in [0.29, 0.717) is 0 Å². The molecule has 13 heavy (non-hydrogen) atoms. The van der Waals surface area contributed by atoms with Crippen LogP contribution < -0.4 is 0 Å². The fraction of sp³-hybridized carbons (Fsp3) is 0.182. The lowest BCUT2D eigenvalue weighted by Crippen LogP contribution is -1.97. The maximum absolute atomic E-state index is 12.4. The van der Waals surface area contributed by atoms with Gasteiger partial charge in [0.05, 0.1) is 6.67 Å². The Balaban J connectivity index is 3.15. The quantitative estimate of drug-likeness (QED) is 0.752. The van der Waals surface area contributed by atoms with Gasteiger partial charge in [0.1, 0.15) is 0 Å². The smallest absolute Gasteiger partial charge is 0.0963 e. The topological polar surface area (TPSA) is 0 Å². The summed E-state index contributed by atoms with van der Waals surface area (Å²) in [5, 5.41) is 0. The van der Waals surface area contributed by atoms with E-state index < -0.39 is 6.67 Å². The van der Waals surface area contributed by atoms with Crippen LogP contribution in [0.25, 0.3) is 6.08 Å². The van der Waals surface area contributed by atoms with E-state index in [1.807, 2.05) is 18.2 Å². The molecular formula is C11H11BrF. The molecule has 0 saturated heterocycles. The van der Waals surface area contributed by atoms with Crippen LogP contribution in [0.5, 0.6) is 0 Å². The Labute approximate surface area is 86.6 Å². The maximum atomic E-state index is 12.4. The minimum atomic E-state index is -0.445. The van der Waals surface area contributed by atoms with Crippen LogP contribution >= 0.6 is 15.9 Å². The van der Waals surface area contributed by atoms with Crippen molar-refractivity contribution in [3.63, 3.8) is 0 Å². The van der Waals surface area contributed by atoms with Gasteiger partial charge in [-0.3, -0.25) is 4.39 Å². The van der Waals surface area contributed by atoms with Gasteiger partial charge in [-0.05, 0) is 34.0 Å². The molecule has 0 saturated carbocycles. The second-order valence-electron chi connectivity index (χ2n) is 2.81. The Morgan fingerprint density at radius 3 is 2.77 bits per heavy atom. The number of halogens is 2. The Morgan fingerprint density at radius 2 is 2.23 bits per heavy atom. The van der Waals surface area contributed by atoms with Crippen molar-refractivity contribution in [2.45, 2.75) is 5.92 Å². The first-order valence-electron chi connectivity index (χ1n) is 4.00. The average Bonchev–Trinajstić information content (AvgIpc) is 2.17. The summed E-state index contributed by atoms with van der Waals surface area (Å²) < 4.78 is 13.3. The summed E-state index contributed by atoms with van der Waals surface area (Å²) in [7, 11) is 0. The average molecular weight is 242 g/mol. The highest BCUT2D eigenvalue weighted by molar-refractivity contribution is 9.10. The lowest BCUT2D eigenvalue weighted by molar-refractivity contribution is 0.465. The van der Waals surface area contributed by atoms with Crippen molar-refractivity contribution >= 4 is 22.0 Å². The predicted molar refractivity (Wildman–Crippen MR) is 58.3 cm³/mol. The van der Waals surface area contributed by atoms with Crippen LogP contribution in [-0.2, 0) is 0 Å². The Hall–Kier alpha value is -0.630. The van der Waals surface area contributed by atoms with Crippen molar-refractivity contribution in [2.75, 3.05) is 6.67 Å². The maximum Gasteiger partial charge on any atom is 0.0963 e. The predicted octanol–water partition coefficient (Wildman–Crippen LogP) is 3.98. The molecule has 0 nitrogen and oxygen atoms in total. The number of benzene rings is 1. The van der Waals surface area contributed by atoms with Gasteiger partial charge in [0.25, 0.3) is 0 Å². The zero-order valence-corrected chi connectivity index (χ0v) is 8.85. The van der Waals surface area contributed by atoms with Gasteiger partial charge in [-0.25, -0.2) is 0 Å². The van der Waals surface area contributed by atoms with E-state index >= 15 is 0 Å². The number of hydrogen-bond donors (Lipinski definition) is 0. The summed E-state index contributed by atoms with van der Waals surface area (Å²) in [6.45, 7) is 6.95. The summed E-state index contributed by atoms with van der Waals surface area (Å²) in [5.74, 6) is -0.311. The second-order valence-corrected chi connectivity index (χ2v) is 3.60. The van der Waals surface area contributed by atoms with Gasteiger partial charge in [-0.1, -0.05) is 30.9 Å². The number of hydrogen-bond acceptors (Lipinski definition) is 0.